The zero-order valence-electron chi connectivity index (χ0n) is 10.1. The summed E-state index contributed by atoms with van der Waals surface area (Å²) in [7, 11) is 0. The van der Waals surface area contributed by atoms with E-state index in [1.807, 2.05) is 31.2 Å². The average Bonchev–Trinajstić information content (AvgIpc) is 2.33. The second-order valence-corrected chi connectivity index (χ2v) is 4.04. The molecule has 0 spiro atoms. The van der Waals surface area contributed by atoms with Crippen LogP contribution in [-0.2, 0) is 6.54 Å². The van der Waals surface area contributed by atoms with Crippen molar-refractivity contribution in [3.8, 4) is 11.6 Å². The third-order valence-corrected chi connectivity index (χ3v) is 2.61. The second kappa shape index (κ2) is 4.97. The summed E-state index contributed by atoms with van der Waals surface area (Å²) < 4.78 is 5.80. The Labute approximate surface area is 101 Å². The van der Waals surface area contributed by atoms with Gasteiger partial charge in [-0.15, -0.1) is 0 Å². The minimum atomic E-state index is 0.425. The van der Waals surface area contributed by atoms with Crippen molar-refractivity contribution in [3.63, 3.8) is 0 Å². The van der Waals surface area contributed by atoms with E-state index in [4.69, 9.17) is 10.5 Å². The lowest BCUT2D eigenvalue weighted by Crippen LogP contribution is -2.01. The highest BCUT2D eigenvalue weighted by molar-refractivity contribution is 5.39. The van der Waals surface area contributed by atoms with Crippen molar-refractivity contribution in [2.75, 3.05) is 0 Å². The van der Waals surface area contributed by atoms with Gasteiger partial charge in [0.2, 0.25) is 5.88 Å². The van der Waals surface area contributed by atoms with Gasteiger partial charge >= 0.3 is 0 Å². The molecule has 1 heterocycles. The Bertz CT molecular complexity index is 523. The first-order valence-corrected chi connectivity index (χ1v) is 5.60. The van der Waals surface area contributed by atoms with Crippen LogP contribution < -0.4 is 10.5 Å². The summed E-state index contributed by atoms with van der Waals surface area (Å²) in [4.78, 5) is 4.21. The van der Waals surface area contributed by atoms with Gasteiger partial charge in [-0.3, -0.25) is 0 Å². The van der Waals surface area contributed by atoms with E-state index in [0.29, 0.717) is 12.4 Å². The zero-order chi connectivity index (χ0) is 12.3. The van der Waals surface area contributed by atoms with Gasteiger partial charge in [0, 0.05) is 18.3 Å². The molecule has 2 N–H and O–H groups in total. The molecule has 0 bridgehead atoms. The van der Waals surface area contributed by atoms with Crippen molar-refractivity contribution in [1.82, 2.24) is 4.98 Å². The predicted octanol–water partition coefficient (Wildman–Crippen LogP) is 2.95. The number of ether oxygens (including phenoxy) is 1. The Morgan fingerprint density at radius 3 is 2.76 bits per heavy atom. The Morgan fingerprint density at radius 2 is 2.06 bits per heavy atom. The van der Waals surface area contributed by atoms with Gasteiger partial charge in [-0.25, -0.2) is 4.98 Å². The van der Waals surface area contributed by atoms with Crippen LogP contribution in [0.4, 0.5) is 0 Å². The highest BCUT2D eigenvalue weighted by Crippen LogP contribution is 2.26. The van der Waals surface area contributed by atoms with Gasteiger partial charge in [0.1, 0.15) is 5.75 Å². The first-order chi connectivity index (χ1) is 8.20. The van der Waals surface area contributed by atoms with Crippen LogP contribution in [-0.4, -0.2) is 4.98 Å². The van der Waals surface area contributed by atoms with Gasteiger partial charge in [-0.1, -0.05) is 23.8 Å². The van der Waals surface area contributed by atoms with Crippen LogP contribution in [0.1, 0.15) is 16.7 Å². The van der Waals surface area contributed by atoms with Crippen LogP contribution in [0.5, 0.6) is 11.6 Å². The molecule has 0 fully saturated rings. The van der Waals surface area contributed by atoms with E-state index in [9.17, 15) is 0 Å². The molecular formula is C14H16N2O. The van der Waals surface area contributed by atoms with Crippen molar-refractivity contribution in [3.05, 3.63) is 53.2 Å². The zero-order valence-corrected chi connectivity index (χ0v) is 10.1. The normalized spacial score (nSPS) is 10.3. The highest BCUT2D eigenvalue weighted by Gasteiger charge is 2.06. The molecule has 3 nitrogen and oxygen atoms in total. The maximum Gasteiger partial charge on any atom is 0.223 e. The molecule has 0 unspecified atom stereocenters. The van der Waals surface area contributed by atoms with Gasteiger partial charge in [0.15, 0.2) is 0 Å². The van der Waals surface area contributed by atoms with E-state index in [-0.39, 0.29) is 0 Å². The van der Waals surface area contributed by atoms with Crippen LogP contribution in [0.25, 0.3) is 0 Å². The fourth-order valence-corrected chi connectivity index (χ4v) is 1.69. The molecule has 0 saturated carbocycles. The molecule has 0 radical (unpaired) electrons. The summed E-state index contributed by atoms with van der Waals surface area (Å²) in [5.41, 5.74) is 8.87. The molecule has 0 amide bonds. The maximum atomic E-state index is 5.80. The monoisotopic (exact) mass is 228 g/mol. The summed E-state index contributed by atoms with van der Waals surface area (Å²) in [6.07, 6.45) is 1.71. The fourth-order valence-electron chi connectivity index (χ4n) is 1.69. The lowest BCUT2D eigenvalue weighted by atomic mass is 10.1. The van der Waals surface area contributed by atoms with Gasteiger partial charge in [0.05, 0.1) is 0 Å². The number of nitrogens with two attached hydrogens (primary N) is 1. The van der Waals surface area contributed by atoms with E-state index in [1.165, 1.54) is 5.56 Å². The largest absolute Gasteiger partial charge is 0.438 e. The van der Waals surface area contributed by atoms with Crippen molar-refractivity contribution in [1.29, 1.82) is 0 Å². The second-order valence-electron chi connectivity index (χ2n) is 4.04. The van der Waals surface area contributed by atoms with Crippen LogP contribution in [0.3, 0.4) is 0 Å². The Morgan fingerprint density at radius 1 is 1.24 bits per heavy atom. The Balaban J connectivity index is 2.31. The van der Waals surface area contributed by atoms with Crippen LogP contribution in [0.2, 0.25) is 0 Å². The quantitative estimate of drug-likeness (QED) is 0.878. The summed E-state index contributed by atoms with van der Waals surface area (Å²) in [6.45, 7) is 4.50. The van der Waals surface area contributed by atoms with Gasteiger partial charge in [-0.05, 0) is 31.5 Å². The predicted molar refractivity (Wildman–Crippen MR) is 68.1 cm³/mol. The molecule has 0 aliphatic rings. The number of aryl methyl sites for hydroxylation is 2. The lowest BCUT2D eigenvalue weighted by molar-refractivity contribution is 0.453. The SMILES string of the molecule is Cc1ccc(Oc2ncccc2CN)c(C)c1. The first kappa shape index (κ1) is 11.6. The first-order valence-electron chi connectivity index (χ1n) is 5.60. The number of aromatic nitrogens is 1. The molecule has 17 heavy (non-hydrogen) atoms. The smallest absolute Gasteiger partial charge is 0.223 e. The third-order valence-electron chi connectivity index (χ3n) is 2.61. The number of pyridine rings is 1. The van der Waals surface area contributed by atoms with E-state index < -0.39 is 0 Å². The average molecular weight is 228 g/mol. The van der Waals surface area contributed by atoms with Crippen LogP contribution in [0, 0.1) is 13.8 Å². The molecule has 0 atom stereocenters. The van der Waals surface area contributed by atoms with Crippen molar-refractivity contribution >= 4 is 0 Å². The standard InChI is InChI=1S/C14H16N2O/c1-10-5-6-13(11(2)8-10)17-14-12(9-15)4-3-7-16-14/h3-8H,9,15H2,1-2H3. The van der Waals surface area contributed by atoms with Crippen molar-refractivity contribution in [2.45, 2.75) is 20.4 Å². The van der Waals surface area contributed by atoms with Crippen molar-refractivity contribution in [2.24, 2.45) is 5.73 Å². The number of hydrogen-bond donors (Lipinski definition) is 1. The molecule has 3 heteroatoms. The Kier molecular flexibility index (Phi) is 3.40. The summed E-state index contributed by atoms with van der Waals surface area (Å²) >= 11 is 0. The van der Waals surface area contributed by atoms with Crippen LogP contribution >= 0.6 is 0 Å². The molecule has 1 aromatic carbocycles. The number of rotatable bonds is 3. The summed E-state index contributed by atoms with van der Waals surface area (Å²) in [5, 5.41) is 0. The van der Waals surface area contributed by atoms with E-state index in [2.05, 4.69) is 18.0 Å². The molecule has 88 valence electrons. The van der Waals surface area contributed by atoms with E-state index >= 15 is 0 Å². The molecular weight excluding hydrogens is 212 g/mol. The van der Waals surface area contributed by atoms with Gasteiger partial charge in [0.25, 0.3) is 0 Å². The molecule has 0 saturated heterocycles. The molecule has 0 aliphatic heterocycles. The minimum Gasteiger partial charge on any atom is -0.438 e. The lowest BCUT2D eigenvalue weighted by Gasteiger charge is -2.10. The van der Waals surface area contributed by atoms with Crippen molar-refractivity contribution < 1.29 is 4.74 Å². The summed E-state index contributed by atoms with van der Waals surface area (Å²) in [6, 6.07) is 9.84. The van der Waals surface area contributed by atoms with Gasteiger partial charge in [-0.2, -0.15) is 0 Å². The number of hydrogen-bond acceptors (Lipinski definition) is 3. The van der Waals surface area contributed by atoms with Crippen LogP contribution in [0.15, 0.2) is 36.5 Å². The molecule has 1 aromatic heterocycles. The Hall–Kier alpha value is -1.87. The number of nitrogens with zero attached hydrogens (tertiary/aromatic N) is 1. The van der Waals surface area contributed by atoms with E-state index in [0.717, 1.165) is 16.9 Å². The number of benzene rings is 1. The minimum absolute atomic E-state index is 0.425. The third kappa shape index (κ3) is 2.63. The summed E-state index contributed by atoms with van der Waals surface area (Å²) in [5.74, 6) is 1.41. The molecule has 0 aliphatic carbocycles. The maximum absolute atomic E-state index is 5.80. The van der Waals surface area contributed by atoms with Gasteiger partial charge < -0.3 is 10.5 Å². The van der Waals surface area contributed by atoms with E-state index in [1.54, 1.807) is 6.20 Å². The fraction of sp³-hybridized carbons (Fsp3) is 0.214. The molecule has 2 aromatic rings. The molecule has 2 rings (SSSR count). The topological polar surface area (TPSA) is 48.1 Å². The highest BCUT2D eigenvalue weighted by atomic mass is 16.5.